The molecule has 5 aliphatic rings. The number of alkyl halides is 2. The van der Waals surface area contributed by atoms with E-state index in [1.807, 2.05) is 21.9 Å². The molecule has 7 rings (SSSR count). The molecule has 2 saturated heterocycles. The maximum Gasteiger partial charge on any atom is 0.320 e. The summed E-state index contributed by atoms with van der Waals surface area (Å²) in [5.74, 6) is -0.608. The number of benzene rings is 1. The molecule has 3 aliphatic carbocycles. The van der Waals surface area contributed by atoms with Crippen molar-refractivity contribution in [1.29, 1.82) is 0 Å². The van der Waals surface area contributed by atoms with E-state index in [-0.39, 0.29) is 41.5 Å². The molecule has 2 amide bonds. The third-order valence-corrected chi connectivity index (χ3v) is 10.8. The highest BCUT2D eigenvalue weighted by Crippen LogP contribution is 2.57. The fourth-order valence-corrected chi connectivity index (χ4v) is 8.34. The maximum absolute atomic E-state index is 13.2. The molecule has 2 aromatic rings. The van der Waals surface area contributed by atoms with Crippen molar-refractivity contribution in [3.8, 4) is 0 Å². The van der Waals surface area contributed by atoms with Gasteiger partial charge in [-0.25, -0.2) is 27.0 Å². The van der Waals surface area contributed by atoms with E-state index < -0.39 is 15.8 Å². The lowest BCUT2D eigenvalue weighted by molar-refractivity contribution is -0.100. The zero-order valence-electron chi connectivity index (χ0n) is 21.5. The molecule has 8 nitrogen and oxygen atoms in total. The number of hydrogen-bond acceptors (Lipinski definition) is 5. The van der Waals surface area contributed by atoms with Crippen molar-refractivity contribution >= 4 is 15.9 Å². The van der Waals surface area contributed by atoms with Crippen LogP contribution in [0.5, 0.6) is 0 Å². The van der Waals surface area contributed by atoms with Crippen LogP contribution in [0.25, 0.3) is 0 Å². The van der Waals surface area contributed by atoms with Gasteiger partial charge < -0.3 is 9.80 Å². The van der Waals surface area contributed by atoms with Gasteiger partial charge in [-0.3, -0.25) is 5.10 Å². The van der Waals surface area contributed by atoms with Gasteiger partial charge in [0.15, 0.2) is 15.7 Å². The quantitative estimate of drug-likeness (QED) is 0.613. The number of aromatic amines is 1. The van der Waals surface area contributed by atoms with Crippen molar-refractivity contribution in [1.82, 2.24) is 25.0 Å². The van der Waals surface area contributed by atoms with E-state index in [1.165, 1.54) is 11.8 Å². The van der Waals surface area contributed by atoms with Crippen LogP contribution in [-0.2, 0) is 16.3 Å². The van der Waals surface area contributed by atoms with Gasteiger partial charge in [-0.15, -0.1) is 0 Å². The molecule has 2 spiro atoms. The maximum atomic E-state index is 13.2. The number of hydrogen-bond donors (Lipinski definition) is 1. The van der Waals surface area contributed by atoms with Crippen molar-refractivity contribution < 1.29 is 22.0 Å². The van der Waals surface area contributed by atoms with E-state index in [0.717, 1.165) is 64.1 Å². The predicted molar refractivity (Wildman–Crippen MR) is 135 cm³/mol. The van der Waals surface area contributed by atoms with Gasteiger partial charge in [0.2, 0.25) is 5.92 Å². The van der Waals surface area contributed by atoms with Gasteiger partial charge in [0.25, 0.3) is 0 Å². The van der Waals surface area contributed by atoms with Crippen LogP contribution in [0.4, 0.5) is 13.6 Å². The second kappa shape index (κ2) is 7.99. The van der Waals surface area contributed by atoms with Crippen LogP contribution in [0.1, 0.15) is 67.6 Å². The molecule has 5 fully saturated rings. The lowest BCUT2D eigenvalue weighted by Crippen LogP contribution is -2.70. The summed E-state index contributed by atoms with van der Waals surface area (Å²) in [5.41, 5.74) is 1.60. The fourth-order valence-electron chi connectivity index (χ4n) is 7.70. The zero-order valence-corrected chi connectivity index (χ0v) is 22.3. The predicted octanol–water partition coefficient (Wildman–Crippen LogP) is 3.98. The molecule has 1 aromatic heterocycles. The van der Waals surface area contributed by atoms with Gasteiger partial charge in [-0.2, -0.15) is 5.10 Å². The summed E-state index contributed by atoms with van der Waals surface area (Å²) in [6, 6.07) is 7.36. The lowest BCUT2D eigenvalue weighted by Gasteiger charge is -2.63. The highest BCUT2D eigenvalue weighted by molar-refractivity contribution is 7.90. The number of likely N-dealkylation sites (tertiary alicyclic amines) is 2. The number of carbonyl (C=O) groups is 1. The summed E-state index contributed by atoms with van der Waals surface area (Å²) < 4.78 is 49.6. The number of halogens is 2. The first-order valence-corrected chi connectivity index (χ1v) is 15.4. The fraction of sp³-hybridized carbons (Fsp3) is 0.667. The number of carbonyl (C=O) groups excluding carboxylic acids is 1. The first-order chi connectivity index (χ1) is 17.9. The SMILES string of the molecule is CS(=O)(=O)c1ccc(CC2CC3(C2)CN(C(=O)N2CC4(CC(c5n[nH]c(C6CC(F)(F)C6)n5)C4)C2)C3)cc1. The molecule has 3 saturated carbocycles. The summed E-state index contributed by atoms with van der Waals surface area (Å²) in [7, 11) is -3.17. The van der Waals surface area contributed by atoms with Gasteiger partial charge in [0, 0.05) is 67.9 Å². The van der Waals surface area contributed by atoms with Gasteiger partial charge in [-0.05, 0) is 55.7 Å². The van der Waals surface area contributed by atoms with Gasteiger partial charge in [-0.1, -0.05) is 12.1 Å². The van der Waals surface area contributed by atoms with Crippen LogP contribution in [0.15, 0.2) is 29.2 Å². The number of sulfone groups is 1. The Kier molecular flexibility index (Phi) is 5.14. The van der Waals surface area contributed by atoms with E-state index in [2.05, 4.69) is 15.2 Å². The van der Waals surface area contributed by atoms with Crippen molar-refractivity contribution in [2.24, 2.45) is 16.7 Å². The Bertz CT molecular complexity index is 1360. The molecule has 3 heterocycles. The molecule has 0 bridgehead atoms. The minimum Gasteiger partial charge on any atom is -0.323 e. The van der Waals surface area contributed by atoms with Crippen molar-refractivity contribution in [2.45, 2.75) is 67.6 Å². The van der Waals surface area contributed by atoms with E-state index in [9.17, 15) is 22.0 Å². The van der Waals surface area contributed by atoms with E-state index in [1.54, 1.807) is 12.1 Å². The topological polar surface area (TPSA) is 99.3 Å². The molecule has 0 atom stereocenters. The van der Waals surface area contributed by atoms with E-state index in [0.29, 0.717) is 16.6 Å². The highest BCUT2D eigenvalue weighted by Gasteiger charge is 2.59. The minimum absolute atomic E-state index is 0.146. The normalized spacial score (nSPS) is 25.9. The van der Waals surface area contributed by atoms with Gasteiger partial charge in [0.1, 0.15) is 5.82 Å². The van der Waals surface area contributed by atoms with Crippen LogP contribution >= 0.6 is 0 Å². The summed E-state index contributed by atoms with van der Waals surface area (Å²) in [6.45, 7) is 3.23. The number of H-pyrrole nitrogens is 1. The second-order valence-electron chi connectivity index (χ2n) is 13.0. The number of nitrogens with zero attached hydrogens (tertiary/aromatic N) is 4. The van der Waals surface area contributed by atoms with Crippen LogP contribution in [0.3, 0.4) is 0 Å². The smallest absolute Gasteiger partial charge is 0.320 e. The van der Waals surface area contributed by atoms with Crippen molar-refractivity contribution in [3.63, 3.8) is 0 Å². The molecule has 2 aliphatic heterocycles. The van der Waals surface area contributed by atoms with Gasteiger partial charge >= 0.3 is 6.03 Å². The van der Waals surface area contributed by atoms with Gasteiger partial charge in [0.05, 0.1) is 4.90 Å². The first-order valence-electron chi connectivity index (χ1n) is 13.5. The highest BCUT2D eigenvalue weighted by atomic mass is 32.2. The Morgan fingerprint density at radius 2 is 1.53 bits per heavy atom. The third kappa shape index (κ3) is 4.12. The molecular formula is C27H33F2N5O3S. The number of nitrogens with one attached hydrogen (secondary N) is 1. The number of amides is 2. The Labute approximate surface area is 221 Å². The number of aromatic nitrogens is 3. The molecule has 38 heavy (non-hydrogen) atoms. The molecule has 0 radical (unpaired) electrons. The zero-order chi connectivity index (χ0) is 26.5. The Morgan fingerprint density at radius 3 is 2.08 bits per heavy atom. The second-order valence-corrected chi connectivity index (χ2v) is 15.1. The molecule has 1 N–H and O–H groups in total. The Morgan fingerprint density at radius 1 is 0.947 bits per heavy atom. The average Bonchev–Trinajstić information content (AvgIpc) is 3.19. The molecule has 204 valence electrons. The van der Waals surface area contributed by atoms with Crippen LogP contribution in [0, 0.1) is 16.7 Å². The molecule has 1 aromatic carbocycles. The van der Waals surface area contributed by atoms with Crippen LogP contribution < -0.4 is 0 Å². The average molecular weight is 546 g/mol. The Balaban J connectivity index is 0.832. The summed E-state index contributed by atoms with van der Waals surface area (Å²) in [6.07, 6.45) is 6.02. The monoisotopic (exact) mass is 545 g/mol. The summed E-state index contributed by atoms with van der Waals surface area (Å²) in [5, 5.41) is 7.17. The molecule has 0 unspecified atom stereocenters. The number of rotatable bonds is 5. The molecular weight excluding hydrogens is 512 g/mol. The largest absolute Gasteiger partial charge is 0.323 e. The van der Waals surface area contributed by atoms with Crippen molar-refractivity contribution in [3.05, 3.63) is 41.5 Å². The summed E-state index contributed by atoms with van der Waals surface area (Å²) >= 11 is 0. The van der Waals surface area contributed by atoms with E-state index in [4.69, 9.17) is 0 Å². The number of urea groups is 1. The Hall–Kier alpha value is -2.56. The lowest BCUT2D eigenvalue weighted by atomic mass is 9.56. The van der Waals surface area contributed by atoms with Crippen LogP contribution in [-0.4, -0.2) is 77.8 Å². The minimum atomic E-state index is -3.17. The van der Waals surface area contributed by atoms with Crippen molar-refractivity contribution in [2.75, 3.05) is 32.4 Å². The van der Waals surface area contributed by atoms with E-state index >= 15 is 0 Å². The standard InChI is InChI=1S/C27H33F2N5O3S/c1-38(36,37)21-4-2-17(3-5-21)6-18-7-25(8-18)13-33(14-25)24(35)34-15-26(16-34)9-19(10-26)22-30-23(32-31-22)20-11-27(28,29)12-20/h2-5,18-20H,6-16H2,1H3,(H,30,31,32). The van der Waals surface area contributed by atoms with Crippen LogP contribution in [0.2, 0.25) is 0 Å². The third-order valence-electron chi connectivity index (χ3n) is 9.69. The molecule has 11 heteroatoms. The summed E-state index contributed by atoms with van der Waals surface area (Å²) in [4.78, 5) is 21.8. The first kappa shape index (κ1) is 24.5.